The van der Waals surface area contributed by atoms with Gasteiger partial charge in [0.15, 0.2) is 0 Å². The lowest BCUT2D eigenvalue weighted by Crippen LogP contribution is -2.14. The van der Waals surface area contributed by atoms with Gasteiger partial charge in [-0.15, -0.1) is 0 Å². The number of aromatic nitrogens is 1. The molecule has 1 aromatic heterocycles. The van der Waals surface area contributed by atoms with Crippen molar-refractivity contribution in [2.45, 2.75) is 31.2 Å². The third-order valence-electron chi connectivity index (χ3n) is 3.94. The maximum absolute atomic E-state index is 11.4. The van der Waals surface area contributed by atoms with Gasteiger partial charge in [-0.25, -0.2) is 0 Å². The van der Waals surface area contributed by atoms with E-state index in [2.05, 4.69) is 4.98 Å². The summed E-state index contributed by atoms with van der Waals surface area (Å²) in [6.07, 6.45) is 5.08. The summed E-state index contributed by atoms with van der Waals surface area (Å²) in [6.45, 7) is 0. The van der Waals surface area contributed by atoms with Gasteiger partial charge in [0.1, 0.15) is 0 Å². The van der Waals surface area contributed by atoms with E-state index in [1.807, 2.05) is 24.4 Å². The largest absolute Gasteiger partial charge is 0.366 e. The molecular weight excluding hydrogens is 226 g/mol. The standard InChI is InChI=1S/C14H17N3O/c15-9-2-1-8(7-9)10-3-4-12(14(16)18)13-11(10)5-6-17-13/h3-6,8-9,17H,1-2,7,15H2,(H2,16,18)/t8-,9+/m1/s1. The molecule has 1 fully saturated rings. The zero-order chi connectivity index (χ0) is 12.7. The average molecular weight is 243 g/mol. The van der Waals surface area contributed by atoms with Gasteiger partial charge in [-0.05, 0) is 42.9 Å². The van der Waals surface area contributed by atoms with Crippen LogP contribution in [0.25, 0.3) is 10.9 Å². The first-order valence-corrected chi connectivity index (χ1v) is 6.32. The summed E-state index contributed by atoms with van der Waals surface area (Å²) in [5.41, 5.74) is 14.0. The molecule has 3 rings (SSSR count). The molecule has 0 radical (unpaired) electrons. The molecule has 0 aliphatic heterocycles. The predicted molar refractivity (Wildman–Crippen MR) is 71.4 cm³/mol. The second-order valence-electron chi connectivity index (χ2n) is 5.10. The van der Waals surface area contributed by atoms with Crippen LogP contribution in [0.15, 0.2) is 24.4 Å². The van der Waals surface area contributed by atoms with Crippen molar-refractivity contribution in [2.24, 2.45) is 11.5 Å². The van der Waals surface area contributed by atoms with Gasteiger partial charge < -0.3 is 16.5 Å². The first-order valence-electron chi connectivity index (χ1n) is 6.32. The summed E-state index contributed by atoms with van der Waals surface area (Å²) in [7, 11) is 0. The van der Waals surface area contributed by atoms with Gasteiger partial charge in [0, 0.05) is 17.6 Å². The van der Waals surface area contributed by atoms with Crippen LogP contribution in [0.1, 0.15) is 41.1 Å². The van der Waals surface area contributed by atoms with Gasteiger partial charge >= 0.3 is 0 Å². The third kappa shape index (κ3) is 1.69. The van der Waals surface area contributed by atoms with Crippen molar-refractivity contribution < 1.29 is 4.79 Å². The number of H-pyrrole nitrogens is 1. The van der Waals surface area contributed by atoms with Crippen LogP contribution in [0.2, 0.25) is 0 Å². The van der Waals surface area contributed by atoms with Gasteiger partial charge in [0.25, 0.3) is 5.91 Å². The van der Waals surface area contributed by atoms with Crippen molar-refractivity contribution in [3.05, 3.63) is 35.5 Å². The first-order chi connectivity index (χ1) is 8.66. The van der Waals surface area contributed by atoms with Crippen molar-refractivity contribution >= 4 is 16.8 Å². The molecule has 5 N–H and O–H groups in total. The monoisotopic (exact) mass is 243 g/mol. The molecule has 1 heterocycles. The molecule has 0 bridgehead atoms. The Hall–Kier alpha value is -1.81. The predicted octanol–water partition coefficient (Wildman–Crippen LogP) is 1.86. The minimum atomic E-state index is -0.392. The van der Waals surface area contributed by atoms with E-state index >= 15 is 0 Å². The van der Waals surface area contributed by atoms with Crippen molar-refractivity contribution in [1.82, 2.24) is 4.98 Å². The number of primary amides is 1. The SMILES string of the molecule is NC(=O)c1ccc([C@@H]2CC[C@H](N)C2)c2cc[nH]c12. The number of benzene rings is 1. The number of nitrogens with two attached hydrogens (primary N) is 2. The highest BCUT2D eigenvalue weighted by atomic mass is 16.1. The normalized spacial score (nSPS) is 23.6. The van der Waals surface area contributed by atoms with E-state index in [0.29, 0.717) is 17.5 Å². The smallest absolute Gasteiger partial charge is 0.250 e. The Balaban J connectivity index is 2.12. The zero-order valence-corrected chi connectivity index (χ0v) is 10.1. The van der Waals surface area contributed by atoms with Crippen LogP contribution in [0.3, 0.4) is 0 Å². The number of hydrogen-bond acceptors (Lipinski definition) is 2. The Bertz CT molecular complexity index is 602. The van der Waals surface area contributed by atoms with Gasteiger partial charge in [-0.3, -0.25) is 4.79 Å². The number of carbonyl (C=O) groups excluding carboxylic acids is 1. The van der Waals surface area contributed by atoms with Crippen LogP contribution < -0.4 is 11.5 Å². The highest BCUT2D eigenvalue weighted by molar-refractivity contribution is 6.05. The zero-order valence-electron chi connectivity index (χ0n) is 10.1. The van der Waals surface area contributed by atoms with E-state index in [1.54, 1.807) is 0 Å². The Labute approximate surface area is 105 Å². The van der Waals surface area contributed by atoms with Crippen LogP contribution in [0, 0.1) is 0 Å². The second kappa shape index (κ2) is 4.14. The highest BCUT2D eigenvalue weighted by Crippen LogP contribution is 2.37. The number of nitrogens with one attached hydrogen (secondary N) is 1. The fourth-order valence-electron chi connectivity index (χ4n) is 3.04. The molecule has 1 aromatic carbocycles. The van der Waals surface area contributed by atoms with Crippen LogP contribution in [0.4, 0.5) is 0 Å². The van der Waals surface area contributed by atoms with Gasteiger partial charge in [0.2, 0.25) is 0 Å². The molecular formula is C14H17N3O. The number of hydrogen-bond donors (Lipinski definition) is 3. The van der Waals surface area contributed by atoms with E-state index < -0.39 is 5.91 Å². The van der Waals surface area contributed by atoms with E-state index in [9.17, 15) is 4.79 Å². The molecule has 1 saturated carbocycles. The minimum absolute atomic E-state index is 0.305. The Morgan fingerprint density at radius 3 is 2.78 bits per heavy atom. The summed E-state index contributed by atoms with van der Waals surface area (Å²) in [5, 5.41) is 1.10. The van der Waals surface area contributed by atoms with E-state index in [-0.39, 0.29) is 0 Å². The summed E-state index contributed by atoms with van der Waals surface area (Å²) >= 11 is 0. The molecule has 0 unspecified atom stereocenters. The fourth-order valence-corrected chi connectivity index (χ4v) is 3.04. The minimum Gasteiger partial charge on any atom is -0.366 e. The average Bonchev–Trinajstić information content (AvgIpc) is 2.95. The Kier molecular flexibility index (Phi) is 2.59. The molecule has 1 amide bonds. The van der Waals surface area contributed by atoms with Crippen molar-refractivity contribution in [3.8, 4) is 0 Å². The van der Waals surface area contributed by atoms with Gasteiger partial charge in [-0.1, -0.05) is 6.07 Å². The van der Waals surface area contributed by atoms with Crippen LogP contribution in [-0.4, -0.2) is 16.9 Å². The molecule has 18 heavy (non-hydrogen) atoms. The van der Waals surface area contributed by atoms with Crippen molar-refractivity contribution in [1.29, 1.82) is 0 Å². The quantitative estimate of drug-likeness (QED) is 0.752. The highest BCUT2D eigenvalue weighted by Gasteiger charge is 2.25. The fraction of sp³-hybridized carbons (Fsp3) is 0.357. The molecule has 0 saturated heterocycles. The number of fused-ring (bicyclic) bond motifs is 1. The van der Waals surface area contributed by atoms with Crippen LogP contribution in [0.5, 0.6) is 0 Å². The van der Waals surface area contributed by atoms with Gasteiger partial charge in [0.05, 0.1) is 11.1 Å². The number of aromatic amines is 1. The maximum Gasteiger partial charge on any atom is 0.250 e. The lowest BCUT2D eigenvalue weighted by molar-refractivity contribution is 0.100. The molecule has 4 heteroatoms. The van der Waals surface area contributed by atoms with Crippen LogP contribution in [-0.2, 0) is 0 Å². The number of amides is 1. The van der Waals surface area contributed by atoms with Gasteiger partial charge in [-0.2, -0.15) is 0 Å². The topological polar surface area (TPSA) is 84.9 Å². The van der Waals surface area contributed by atoms with Crippen LogP contribution >= 0.6 is 0 Å². The van der Waals surface area contributed by atoms with E-state index in [1.165, 1.54) is 5.56 Å². The molecule has 2 atom stereocenters. The second-order valence-corrected chi connectivity index (χ2v) is 5.10. The van der Waals surface area contributed by atoms with Crippen molar-refractivity contribution in [2.75, 3.05) is 0 Å². The van der Waals surface area contributed by atoms with Crippen molar-refractivity contribution in [3.63, 3.8) is 0 Å². The molecule has 4 nitrogen and oxygen atoms in total. The Morgan fingerprint density at radius 2 is 2.11 bits per heavy atom. The Morgan fingerprint density at radius 1 is 1.28 bits per heavy atom. The molecule has 2 aromatic rings. The molecule has 0 spiro atoms. The number of carbonyl (C=O) groups is 1. The van der Waals surface area contributed by atoms with E-state index in [4.69, 9.17) is 11.5 Å². The lowest BCUT2D eigenvalue weighted by atomic mass is 9.92. The summed E-state index contributed by atoms with van der Waals surface area (Å²) in [5.74, 6) is 0.109. The molecule has 1 aliphatic carbocycles. The lowest BCUT2D eigenvalue weighted by Gasteiger charge is -2.12. The van der Waals surface area contributed by atoms with E-state index in [0.717, 1.165) is 30.2 Å². The number of rotatable bonds is 2. The molecule has 1 aliphatic rings. The summed E-state index contributed by atoms with van der Waals surface area (Å²) in [6, 6.07) is 6.17. The summed E-state index contributed by atoms with van der Waals surface area (Å²) in [4.78, 5) is 14.5. The molecule has 94 valence electrons. The third-order valence-corrected chi connectivity index (χ3v) is 3.94. The summed E-state index contributed by atoms with van der Waals surface area (Å²) < 4.78 is 0. The first kappa shape index (κ1) is 11.3. The maximum atomic E-state index is 11.4.